The molecule has 0 saturated carbocycles. The van der Waals surface area contributed by atoms with Gasteiger partial charge < -0.3 is 15.2 Å². The van der Waals surface area contributed by atoms with Gasteiger partial charge >= 0.3 is 12.1 Å². The van der Waals surface area contributed by atoms with Crippen LogP contribution in [0.25, 0.3) is 0 Å². The Labute approximate surface area is 150 Å². The molecular weight excluding hydrogens is 320 g/mol. The van der Waals surface area contributed by atoms with E-state index in [-0.39, 0.29) is 6.42 Å². The Balaban J connectivity index is 2.69. The molecule has 1 aromatic rings. The highest BCUT2D eigenvalue weighted by Gasteiger charge is 2.24. The first kappa shape index (κ1) is 21.0. The fraction of sp³-hybridized carbons (Fsp3) is 0.579. The van der Waals surface area contributed by atoms with E-state index >= 15 is 0 Å². The molecule has 1 rings (SSSR count). The summed E-state index contributed by atoms with van der Waals surface area (Å²) in [4.78, 5) is 25.5. The Morgan fingerprint density at radius 2 is 1.64 bits per heavy atom. The minimum atomic E-state index is -1.09. The lowest BCUT2D eigenvalue weighted by atomic mass is 10.0. The third kappa shape index (κ3) is 8.03. The van der Waals surface area contributed by atoms with Gasteiger partial charge in [-0.2, -0.15) is 0 Å². The molecule has 1 aromatic carbocycles. The largest absolute Gasteiger partial charge is 0.480 e. The number of amides is 1. The van der Waals surface area contributed by atoms with Crippen LogP contribution in [-0.2, 0) is 22.5 Å². The van der Waals surface area contributed by atoms with Crippen LogP contribution in [0.3, 0.4) is 0 Å². The number of hydrogen-bond donors (Lipinski definition) is 2. The van der Waals surface area contributed by atoms with E-state index in [4.69, 9.17) is 4.74 Å². The van der Waals surface area contributed by atoms with Crippen LogP contribution < -0.4 is 5.32 Å². The molecule has 140 valence electrons. The Bertz CT molecular complexity index is 560. The summed E-state index contributed by atoms with van der Waals surface area (Å²) >= 11 is 0. The van der Waals surface area contributed by atoms with Gasteiger partial charge in [-0.3, -0.25) is 4.90 Å². The van der Waals surface area contributed by atoms with Crippen molar-refractivity contribution in [3.8, 4) is 0 Å². The van der Waals surface area contributed by atoms with Crippen molar-refractivity contribution < 1.29 is 19.4 Å². The molecule has 6 heteroatoms. The normalized spacial score (nSPS) is 12.7. The van der Waals surface area contributed by atoms with Gasteiger partial charge in [0.05, 0.1) is 0 Å². The fourth-order valence-corrected chi connectivity index (χ4v) is 2.37. The molecule has 0 heterocycles. The van der Waals surface area contributed by atoms with Crippen LogP contribution in [0.5, 0.6) is 0 Å². The highest BCUT2D eigenvalue weighted by molar-refractivity contribution is 5.80. The second-order valence-electron chi connectivity index (χ2n) is 7.02. The van der Waals surface area contributed by atoms with E-state index in [1.165, 1.54) is 5.56 Å². The van der Waals surface area contributed by atoms with Gasteiger partial charge in [-0.05, 0) is 45.0 Å². The lowest BCUT2D eigenvalue weighted by Crippen LogP contribution is -2.44. The van der Waals surface area contributed by atoms with Crippen LogP contribution in [0.2, 0.25) is 0 Å². The number of carboxylic acids is 1. The molecule has 0 bridgehead atoms. The topological polar surface area (TPSA) is 78.9 Å². The third-order valence-electron chi connectivity index (χ3n) is 3.75. The average molecular weight is 350 g/mol. The SMILES string of the molecule is CCN(CC)Cc1ccc(CC(NC(=O)OC(C)(C)C)C(=O)O)cc1. The van der Waals surface area contributed by atoms with Gasteiger partial charge in [-0.25, -0.2) is 9.59 Å². The molecule has 6 nitrogen and oxygen atoms in total. The molecule has 2 N–H and O–H groups in total. The maximum atomic E-state index is 11.8. The number of ether oxygens (including phenoxy) is 1. The number of benzene rings is 1. The van der Waals surface area contributed by atoms with Gasteiger partial charge in [0.2, 0.25) is 0 Å². The molecule has 0 saturated heterocycles. The van der Waals surface area contributed by atoms with E-state index in [1.807, 2.05) is 24.3 Å². The van der Waals surface area contributed by atoms with Crippen LogP contribution in [0.1, 0.15) is 45.7 Å². The van der Waals surface area contributed by atoms with E-state index in [2.05, 4.69) is 24.1 Å². The standard InChI is InChI=1S/C19H30N2O4/c1-6-21(7-2)13-15-10-8-14(9-11-15)12-16(17(22)23)20-18(24)25-19(3,4)5/h8-11,16H,6-7,12-13H2,1-5H3,(H,20,24)(H,22,23). The zero-order valence-corrected chi connectivity index (χ0v) is 15.8. The zero-order chi connectivity index (χ0) is 19.0. The fourth-order valence-electron chi connectivity index (χ4n) is 2.37. The van der Waals surface area contributed by atoms with Crippen LogP contribution in [0.4, 0.5) is 4.79 Å². The van der Waals surface area contributed by atoms with Gasteiger partial charge in [0.25, 0.3) is 0 Å². The van der Waals surface area contributed by atoms with Crippen LogP contribution in [0, 0.1) is 0 Å². The van der Waals surface area contributed by atoms with Gasteiger partial charge in [-0.15, -0.1) is 0 Å². The molecule has 0 radical (unpaired) electrons. The number of rotatable bonds is 8. The smallest absolute Gasteiger partial charge is 0.408 e. The van der Waals surface area contributed by atoms with E-state index < -0.39 is 23.7 Å². The number of carbonyl (C=O) groups excluding carboxylic acids is 1. The first-order valence-corrected chi connectivity index (χ1v) is 8.67. The lowest BCUT2D eigenvalue weighted by Gasteiger charge is -2.22. The number of hydrogen-bond acceptors (Lipinski definition) is 4. The summed E-state index contributed by atoms with van der Waals surface area (Å²) in [7, 11) is 0. The Morgan fingerprint density at radius 3 is 2.08 bits per heavy atom. The summed E-state index contributed by atoms with van der Waals surface area (Å²) < 4.78 is 5.12. The van der Waals surface area contributed by atoms with Crippen molar-refractivity contribution in [3.05, 3.63) is 35.4 Å². The van der Waals surface area contributed by atoms with Crippen molar-refractivity contribution >= 4 is 12.1 Å². The summed E-state index contributed by atoms with van der Waals surface area (Å²) in [5.41, 5.74) is 1.37. The summed E-state index contributed by atoms with van der Waals surface area (Å²) in [5.74, 6) is -1.09. The van der Waals surface area contributed by atoms with E-state index in [0.29, 0.717) is 0 Å². The monoisotopic (exact) mass is 350 g/mol. The summed E-state index contributed by atoms with van der Waals surface area (Å²) in [6.45, 7) is 12.3. The summed E-state index contributed by atoms with van der Waals surface area (Å²) in [5, 5.41) is 11.8. The van der Waals surface area contributed by atoms with Crippen molar-refractivity contribution in [1.82, 2.24) is 10.2 Å². The van der Waals surface area contributed by atoms with Gasteiger partial charge in [-0.1, -0.05) is 38.1 Å². The van der Waals surface area contributed by atoms with Crippen molar-refractivity contribution in [2.75, 3.05) is 13.1 Å². The van der Waals surface area contributed by atoms with E-state index in [1.54, 1.807) is 20.8 Å². The maximum absolute atomic E-state index is 11.8. The van der Waals surface area contributed by atoms with Crippen molar-refractivity contribution in [2.45, 2.75) is 59.2 Å². The number of nitrogens with zero attached hydrogens (tertiary/aromatic N) is 1. The first-order valence-electron chi connectivity index (χ1n) is 8.67. The Kier molecular flexibility index (Phi) is 7.90. The number of aliphatic carboxylic acids is 1. The second-order valence-corrected chi connectivity index (χ2v) is 7.02. The first-order chi connectivity index (χ1) is 11.6. The van der Waals surface area contributed by atoms with Crippen molar-refractivity contribution in [1.29, 1.82) is 0 Å². The molecule has 0 fully saturated rings. The molecule has 25 heavy (non-hydrogen) atoms. The number of carbonyl (C=O) groups is 2. The molecule has 0 aliphatic carbocycles. The Morgan fingerprint density at radius 1 is 1.12 bits per heavy atom. The van der Waals surface area contributed by atoms with Crippen molar-refractivity contribution in [2.24, 2.45) is 0 Å². The molecule has 1 atom stereocenters. The quantitative estimate of drug-likeness (QED) is 0.753. The van der Waals surface area contributed by atoms with Crippen LogP contribution in [-0.4, -0.2) is 46.8 Å². The summed E-state index contributed by atoms with van der Waals surface area (Å²) in [6.07, 6.45) is -0.516. The predicted molar refractivity (Wildman–Crippen MR) is 97.6 cm³/mol. The predicted octanol–water partition coefficient (Wildman–Crippen LogP) is 3.05. The molecule has 0 aliphatic heterocycles. The maximum Gasteiger partial charge on any atom is 0.408 e. The minimum Gasteiger partial charge on any atom is -0.480 e. The molecule has 0 spiro atoms. The van der Waals surface area contributed by atoms with Gasteiger partial charge in [0, 0.05) is 13.0 Å². The second kappa shape index (κ2) is 9.42. The molecule has 0 aliphatic rings. The Hall–Kier alpha value is -2.08. The highest BCUT2D eigenvalue weighted by Crippen LogP contribution is 2.11. The average Bonchev–Trinajstić information content (AvgIpc) is 2.51. The molecular formula is C19H30N2O4. The van der Waals surface area contributed by atoms with Gasteiger partial charge in [0.15, 0.2) is 0 Å². The summed E-state index contributed by atoms with van der Waals surface area (Å²) in [6, 6.07) is 6.79. The molecule has 0 aromatic heterocycles. The zero-order valence-electron chi connectivity index (χ0n) is 15.8. The number of nitrogens with one attached hydrogen (secondary N) is 1. The number of alkyl carbamates (subject to hydrolysis) is 1. The lowest BCUT2D eigenvalue weighted by molar-refractivity contribution is -0.139. The minimum absolute atomic E-state index is 0.208. The van der Waals surface area contributed by atoms with E-state index in [0.717, 1.165) is 25.2 Å². The number of carboxylic acid groups (broad SMARTS) is 1. The van der Waals surface area contributed by atoms with E-state index in [9.17, 15) is 14.7 Å². The molecule has 1 unspecified atom stereocenters. The third-order valence-corrected chi connectivity index (χ3v) is 3.75. The highest BCUT2D eigenvalue weighted by atomic mass is 16.6. The molecule has 1 amide bonds. The van der Waals surface area contributed by atoms with Crippen LogP contribution >= 0.6 is 0 Å². The van der Waals surface area contributed by atoms with Crippen LogP contribution in [0.15, 0.2) is 24.3 Å². The van der Waals surface area contributed by atoms with Gasteiger partial charge in [0.1, 0.15) is 11.6 Å². The van der Waals surface area contributed by atoms with Crippen molar-refractivity contribution in [3.63, 3.8) is 0 Å².